The fraction of sp³-hybridized carbons (Fsp3) is 0.611. The van der Waals surface area contributed by atoms with Gasteiger partial charge >= 0.3 is 0 Å². The molecule has 0 aromatic heterocycles. The van der Waals surface area contributed by atoms with Crippen molar-refractivity contribution < 1.29 is 4.79 Å². The number of halogens is 1. The average molecular weight is 325 g/mol. The first kappa shape index (κ1) is 19.0. The minimum absolute atomic E-state index is 0. The molecule has 1 amide bonds. The van der Waals surface area contributed by atoms with E-state index in [9.17, 15) is 4.79 Å². The van der Waals surface area contributed by atoms with Crippen LogP contribution in [0.3, 0.4) is 0 Å². The first-order valence-electron chi connectivity index (χ1n) is 8.09. The molecule has 22 heavy (non-hydrogen) atoms. The summed E-state index contributed by atoms with van der Waals surface area (Å²) in [6.07, 6.45) is 3.44. The summed E-state index contributed by atoms with van der Waals surface area (Å²) in [4.78, 5) is 14.5. The number of amides is 1. The maximum Gasteiger partial charge on any atom is 0.236 e. The Bertz CT molecular complexity index is 457. The van der Waals surface area contributed by atoms with Gasteiger partial charge in [0.05, 0.1) is 6.54 Å². The minimum Gasteiger partial charge on any atom is -0.341 e. The fourth-order valence-electron chi connectivity index (χ4n) is 2.65. The van der Waals surface area contributed by atoms with E-state index in [1.54, 1.807) is 0 Å². The third-order valence-corrected chi connectivity index (χ3v) is 4.11. The van der Waals surface area contributed by atoms with Crippen LogP contribution in [0.25, 0.3) is 0 Å². The third kappa shape index (κ3) is 5.62. The molecule has 1 aliphatic rings. The first-order chi connectivity index (χ1) is 10.0. The summed E-state index contributed by atoms with van der Waals surface area (Å²) in [5, 5.41) is 3.33. The predicted molar refractivity (Wildman–Crippen MR) is 94.6 cm³/mol. The van der Waals surface area contributed by atoms with Gasteiger partial charge in [0, 0.05) is 24.5 Å². The first-order valence-corrected chi connectivity index (χ1v) is 8.09. The Kier molecular flexibility index (Phi) is 7.37. The molecule has 0 aliphatic heterocycles. The SMILES string of the molecule is CCCN(CC(C)(C)c1ccccc1)C(=O)CNC1CC1.Cl. The Balaban J connectivity index is 0.00000242. The number of benzene rings is 1. The molecule has 4 heteroatoms. The smallest absolute Gasteiger partial charge is 0.236 e. The van der Waals surface area contributed by atoms with Crippen LogP contribution in [0, 0.1) is 0 Å². The molecule has 2 rings (SSSR count). The lowest BCUT2D eigenvalue weighted by atomic mass is 9.84. The van der Waals surface area contributed by atoms with Crippen LogP contribution >= 0.6 is 12.4 Å². The molecule has 0 saturated heterocycles. The molecule has 124 valence electrons. The summed E-state index contributed by atoms with van der Waals surface area (Å²) in [6.45, 7) is 8.65. The molecule has 0 unspecified atom stereocenters. The van der Waals surface area contributed by atoms with Gasteiger partial charge in [-0.3, -0.25) is 4.79 Å². The average Bonchev–Trinajstić information content (AvgIpc) is 3.29. The molecule has 0 heterocycles. The van der Waals surface area contributed by atoms with Crippen LogP contribution in [0.4, 0.5) is 0 Å². The van der Waals surface area contributed by atoms with Crippen LogP contribution in [0.5, 0.6) is 0 Å². The van der Waals surface area contributed by atoms with Crippen LogP contribution in [0.15, 0.2) is 30.3 Å². The van der Waals surface area contributed by atoms with E-state index in [2.05, 4.69) is 50.4 Å². The summed E-state index contributed by atoms with van der Waals surface area (Å²) < 4.78 is 0. The lowest BCUT2D eigenvalue weighted by molar-refractivity contribution is -0.131. The van der Waals surface area contributed by atoms with E-state index in [0.717, 1.165) is 19.5 Å². The van der Waals surface area contributed by atoms with Crippen molar-refractivity contribution in [2.45, 2.75) is 51.5 Å². The number of rotatable bonds is 8. The molecule has 1 fully saturated rings. The highest BCUT2D eigenvalue weighted by atomic mass is 35.5. The molecule has 1 saturated carbocycles. The van der Waals surface area contributed by atoms with Crippen molar-refractivity contribution in [1.82, 2.24) is 10.2 Å². The Labute approximate surface area is 140 Å². The van der Waals surface area contributed by atoms with Crippen molar-refractivity contribution in [3.8, 4) is 0 Å². The highest BCUT2D eigenvalue weighted by Gasteiger charge is 2.27. The van der Waals surface area contributed by atoms with Crippen LogP contribution < -0.4 is 5.32 Å². The molecular formula is C18H29ClN2O. The molecule has 0 bridgehead atoms. The number of carbonyl (C=O) groups is 1. The van der Waals surface area contributed by atoms with Crippen LogP contribution in [-0.4, -0.2) is 36.5 Å². The Morgan fingerprint density at radius 3 is 2.45 bits per heavy atom. The Morgan fingerprint density at radius 2 is 1.91 bits per heavy atom. The highest BCUT2D eigenvalue weighted by Crippen LogP contribution is 2.24. The topological polar surface area (TPSA) is 32.3 Å². The summed E-state index contributed by atoms with van der Waals surface area (Å²) in [5.74, 6) is 0.229. The maximum absolute atomic E-state index is 12.4. The fourth-order valence-corrected chi connectivity index (χ4v) is 2.65. The predicted octanol–water partition coefficient (Wildman–Crippen LogP) is 3.38. The van der Waals surface area contributed by atoms with Gasteiger partial charge in [0.25, 0.3) is 0 Å². The van der Waals surface area contributed by atoms with E-state index in [1.807, 2.05) is 11.0 Å². The van der Waals surface area contributed by atoms with E-state index in [1.165, 1.54) is 18.4 Å². The van der Waals surface area contributed by atoms with E-state index < -0.39 is 0 Å². The lowest BCUT2D eigenvalue weighted by Crippen LogP contribution is -2.45. The second kappa shape index (κ2) is 8.54. The van der Waals surface area contributed by atoms with Crippen LogP contribution in [-0.2, 0) is 10.2 Å². The van der Waals surface area contributed by atoms with Crippen molar-refractivity contribution in [2.75, 3.05) is 19.6 Å². The van der Waals surface area contributed by atoms with Gasteiger partial charge in [0.1, 0.15) is 0 Å². The summed E-state index contributed by atoms with van der Waals surface area (Å²) >= 11 is 0. The lowest BCUT2D eigenvalue weighted by Gasteiger charge is -2.33. The zero-order valence-electron chi connectivity index (χ0n) is 14.0. The van der Waals surface area contributed by atoms with Crippen molar-refractivity contribution in [3.05, 3.63) is 35.9 Å². The number of nitrogens with one attached hydrogen (secondary N) is 1. The van der Waals surface area contributed by atoms with E-state index >= 15 is 0 Å². The molecule has 1 aromatic rings. The van der Waals surface area contributed by atoms with Gasteiger partial charge in [0.15, 0.2) is 0 Å². The van der Waals surface area contributed by atoms with E-state index in [4.69, 9.17) is 0 Å². The maximum atomic E-state index is 12.4. The van der Waals surface area contributed by atoms with E-state index in [0.29, 0.717) is 12.6 Å². The molecular weight excluding hydrogens is 296 g/mol. The Hall–Kier alpha value is -1.06. The summed E-state index contributed by atoms with van der Waals surface area (Å²) in [7, 11) is 0. The zero-order valence-corrected chi connectivity index (χ0v) is 14.8. The van der Waals surface area contributed by atoms with Gasteiger partial charge < -0.3 is 10.2 Å². The zero-order chi connectivity index (χ0) is 15.3. The molecule has 0 atom stereocenters. The van der Waals surface area contributed by atoms with Crippen LogP contribution in [0.2, 0.25) is 0 Å². The Morgan fingerprint density at radius 1 is 1.27 bits per heavy atom. The molecule has 0 radical (unpaired) electrons. The molecule has 1 aromatic carbocycles. The van der Waals surface area contributed by atoms with Crippen molar-refractivity contribution >= 4 is 18.3 Å². The van der Waals surface area contributed by atoms with Gasteiger partial charge in [0.2, 0.25) is 5.91 Å². The summed E-state index contributed by atoms with van der Waals surface area (Å²) in [6, 6.07) is 11.1. The quantitative estimate of drug-likeness (QED) is 0.795. The number of nitrogens with zero attached hydrogens (tertiary/aromatic N) is 1. The summed E-state index contributed by atoms with van der Waals surface area (Å²) in [5.41, 5.74) is 1.26. The second-order valence-electron chi connectivity index (χ2n) is 6.72. The van der Waals surface area contributed by atoms with Gasteiger partial charge in [-0.05, 0) is 24.8 Å². The van der Waals surface area contributed by atoms with Gasteiger partial charge in [-0.1, -0.05) is 51.1 Å². The van der Waals surface area contributed by atoms with Gasteiger partial charge in [-0.2, -0.15) is 0 Å². The molecule has 1 N–H and O–H groups in total. The molecule has 1 aliphatic carbocycles. The van der Waals surface area contributed by atoms with Crippen molar-refractivity contribution in [3.63, 3.8) is 0 Å². The number of hydrogen-bond acceptors (Lipinski definition) is 2. The monoisotopic (exact) mass is 324 g/mol. The molecule has 3 nitrogen and oxygen atoms in total. The van der Waals surface area contributed by atoms with Crippen molar-refractivity contribution in [2.24, 2.45) is 0 Å². The highest BCUT2D eigenvalue weighted by molar-refractivity contribution is 5.85. The standard InChI is InChI=1S/C18H28N2O.ClH/c1-4-12-20(17(21)13-19-16-10-11-16)14-18(2,3)15-8-6-5-7-9-15;/h5-9,16,19H,4,10-14H2,1-3H3;1H. The van der Waals surface area contributed by atoms with Gasteiger partial charge in [-0.15, -0.1) is 12.4 Å². The van der Waals surface area contributed by atoms with Gasteiger partial charge in [-0.25, -0.2) is 0 Å². The number of carbonyl (C=O) groups excluding carboxylic acids is 1. The van der Waals surface area contributed by atoms with E-state index in [-0.39, 0.29) is 23.7 Å². The minimum atomic E-state index is -0.0222. The van der Waals surface area contributed by atoms with Crippen LogP contribution in [0.1, 0.15) is 45.6 Å². The largest absolute Gasteiger partial charge is 0.341 e. The van der Waals surface area contributed by atoms with Crippen molar-refractivity contribution in [1.29, 1.82) is 0 Å². The molecule has 0 spiro atoms. The number of hydrogen-bond donors (Lipinski definition) is 1. The third-order valence-electron chi connectivity index (χ3n) is 4.11. The normalized spacial score (nSPS) is 14.3. The second-order valence-corrected chi connectivity index (χ2v) is 6.72.